The average Bonchev–Trinajstić information content (AvgIpc) is 2.55. The van der Waals surface area contributed by atoms with E-state index in [1.165, 1.54) is 7.11 Å². The molecule has 0 aliphatic rings. The number of rotatable bonds is 8. The SMILES string of the molecule is C=CC/C(=N\N(CN)c1cccc(CCC(=O)OC)c1)C(C)(C)C. The smallest absolute Gasteiger partial charge is 0.305 e. The molecule has 0 heterocycles. The number of methoxy groups -OCH3 is 1. The van der Waals surface area contributed by atoms with E-state index in [-0.39, 0.29) is 18.1 Å². The van der Waals surface area contributed by atoms with E-state index in [9.17, 15) is 4.79 Å². The van der Waals surface area contributed by atoms with E-state index in [0.29, 0.717) is 19.3 Å². The van der Waals surface area contributed by atoms with Crippen molar-refractivity contribution in [1.29, 1.82) is 0 Å². The third-order valence-electron chi connectivity index (χ3n) is 3.67. The van der Waals surface area contributed by atoms with E-state index in [1.807, 2.05) is 30.3 Å². The Morgan fingerprint density at radius 2 is 2.12 bits per heavy atom. The Bertz CT molecular complexity index is 589. The molecule has 0 spiro atoms. The molecule has 1 aromatic rings. The second-order valence-corrected chi connectivity index (χ2v) is 6.62. The van der Waals surface area contributed by atoms with E-state index >= 15 is 0 Å². The summed E-state index contributed by atoms with van der Waals surface area (Å²) in [6, 6.07) is 7.91. The lowest BCUT2D eigenvalue weighted by Crippen LogP contribution is -2.30. The van der Waals surface area contributed by atoms with Crippen LogP contribution in [0.1, 0.15) is 39.2 Å². The Kier molecular flexibility index (Phi) is 7.65. The van der Waals surface area contributed by atoms with E-state index in [1.54, 1.807) is 5.01 Å². The Balaban J connectivity index is 3.03. The lowest BCUT2D eigenvalue weighted by atomic mass is 9.88. The van der Waals surface area contributed by atoms with Gasteiger partial charge in [0.1, 0.15) is 0 Å². The van der Waals surface area contributed by atoms with Crippen molar-refractivity contribution in [3.63, 3.8) is 0 Å². The number of aryl methyl sites for hydroxylation is 1. The molecular weight excluding hydrogens is 302 g/mol. The molecule has 132 valence electrons. The molecule has 0 bridgehead atoms. The third kappa shape index (κ3) is 6.16. The van der Waals surface area contributed by atoms with Gasteiger partial charge in [0.15, 0.2) is 0 Å². The van der Waals surface area contributed by atoms with Gasteiger partial charge in [-0.15, -0.1) is 6.58 Å². The van der Waals surface area contributed by atoms with Crippen LogP contribution in [-0.4, -0.2) is 25.5 Å². The first-order chi connectivity index (χ1) is 11.3. The Hall–Kier alpha value is -2.14. The molecule has 0 fully saturated rings. The molecule has 0 atom stereocenters. The van der Waals surface area contributed by atoms with Gasteiger partial charge in [0.05, 0.1) is 19.5 Å². The Morgan fingerprint density at radius 3 is 2.67 bits per heavy atom. The minimum atomic E-state index is -0.213. The van der Waals surface area contributed by atoms with Crippen molar-refractivity contribution in [2.45, 2.75) is 40.0 Å². The standard InChI is InChI=1S/C19H29N3O2/c1-6-8-17(19(2,3)4)21-22(14-20)16-10-7-9-15(13-16)11-12-18(23)24-5/h6-7,9-10,13H,1,8,11-12,14,20H2,2-5H3/b21-17+. The van der Waals surface area contributed by atoms with Gasteiger partial charge in [-0.05, 0) is 24.1 Å². The number of hydrogen-bond acceptors (Lipinski definition) is 5. The number of carbonyl (C=O) groups excluding carboxylic acids is 1. The lowest BCUT2D eigenvalue weighted by molar-refractivity contribution is -0.140. The van der Waals surface area contributed by atoms with E-state index in [2.05, 4.69) is 32.1 Å². The fraction of sp³-hybridized carbons (Fsp3) is 0.474. The quantitative estimate of drug-likeness (QED) is 0.260. The molecule has 0 aromatic heterocycles. The molecule has 2 N–H and O–H groups in total. The van der Waals surface area contributed by atoms with Crippen molar-refractivity contribution in [3.8, 4) is 0 Å². The van der Waals surface area contributed by atoms with Crippen molar-refractivity contribution in [3.05, 3.63) is 42.5 Å². The maximum atomic E-state index is 11.3. The van der Waals surface area contributed by atoms with Gasteiger partial charge in [-0.3, -0.25) is 9.80 Å². The number of carbonyl (C=O) groups is 1. The van der Waals surface area contributed by atoms with Crippen molar-refractivity contribution in [2.24, 2.45) is 16.3 Å². The van der Waals surface area contributed by atoms with Gasteiger partial charge in [-0.1, -0.05) is 39.0 Å². The largest absolute Gasteiger partial charge is 0.469 e. The number of nitrogens with zero attached hydrogens (tertiary/aromatic N) is 2. The van der Waals surface area contributed by atoms with Crippen LogP contribution in [0.5, 0.6) is 0 Å². The van der Waals surface area contributed by atoms with Crippen LogP contribution in [0.3, 0.4) is 0 Å². The molecule has 0 unspecified atom stereocenters. The average molecular weight is 331 g/mol. The number of hydrazone groups is 1. The van der Waals surface area contributed by atoms with Crippen molar-refractivity contribution >= 4 is 17.4 Å². The maximum absolute atomic E-state index is 11.3. The molecule has 0 amide bonds. The lowest BCUT2D eigenvalue weighted by Gasteiger charge is -2.25. The zero-order chi connectivity index (χ0) is 18.2. The molecule has 0 aliphatic carbocycles. The highest BCUT2D eigenvalue weighted by molar-refractivity contribution is 5.91. The third-order valence-corrected chi connectivity index (χ3v) is 3.67. The fourth-order valence-electron chi connectivity index (χ4n) is 2.20. The zero-order valence-corrected chi connectivity index (χ0v) is 15.2. The molecular formula is C19H29N3O2. The second-order valence-electron chi connectivity index (χ2n) is 6.62. The van der Waals surface area contributed by atoms with Crippen LogP contribution >= 0.6 is 0 Å². The van der Waals surface area contributed by atoms with Gasteiger partial charge in [0, 0.05) is 24.0 Å². The molecule has 5 nitrogen and oxygen atoms in total. The molecule has 0 saturated carbocycles. The summed E-state index contributed by atoms with van der Waals surface area (Å²) < 4.78 is 4.69. The highest BCUT2D eigenvalue weighted by atomic mass is 16.5. The fourth-order valence-corrected chi connectivity index (χ4v) is 2.20. The number of nitrogens with two attached hydrogens (primary N) is 1. The van der Waals surface area contributed by atoms with Crippen LogP contribution < -0.4 is 10.7 Å². The topological polar surface area (TPSA) is 67.9 Å². The summed E-state index contributed by atoms with van der Waals surface area (Å²) in [7, 11) is 1.40. The monoisotopic (exact) mass is 331 g/mol. The molecule has 5 heteroatoms. The van der Waals surface area contributed by atoms with Crippen molar-refractivity contribution in [1.82, 2.24) is 0 Å². The summed E-state index contributed by atoms with van der Waals surface area (Å²) in [6.07, 6.45) is 3.55. The number of ether oxygens (including phenoxy) is 1. The summed E-state index contributed by atoms with van der Waals surface area (Å²) in [5.74, 6) is -0.213. The van der Waals surface area contributed by atoms with Crippen molar-refractivity contribution in [2.75, 3.05) is 18.8 Å². The number of allylic oxidation sites excluding steroid dienone is 1. The zero-order valence-electron chi connectivity index (χ0n) is 15.2. The minimum Gasteiger partial charge on any atom is -0.469 e. The summed E-state index contributed by atoms with van der Waals surface area (Å²) >= 11 is 0. The van der Waals surface area contributed by atoms with Gasteiger partial charge >= 0.3 is 5.97 Å². The first-order valence-corrected chi connectivity index (χ1v) is 8.14. The summed E-state index contributed by atoms with van der Waals surface area (Å²) in [4.78, 5) is 11.3. The van der Waals surface area contributed by atoms with Gasteiger partial charge in [-0.25, -0.2) is 0 Å². The van der Waals surface area contributed by atoms with Crippen LogP contribution in [0.25, 0.3) is 0 Å². The van der Waals surface area contributed by atoms with E-state index in [4.69, 9.17) is 10.8 Å². The van der Waals surface area contributed by atoms with E-state index in [0.717, 1.165) is 17.0 Å². The molecule has 0 radical (unpaired) electrons. The van der Waals surface area contributed by atoms with Crippen LogP contribution in [0.2, 0.25) is 0 Å². The van der Waals surface area contributed by atoms with Crippen LogP contribution in [-0.2, 0) is 16.0 Å². The first-order valence-electron chi connectivity index (χ1n) is 8.14. The predicted molar refractivity (Wildman–Crippen MR) is 100 cm³/mol. The maximum Gasteiger partial charge on any atom is 0.305 e. The molecule has 24 heavy (non-hydrogen) atoms. The van der Waals surface area contributed by atoms with Crippen LogP contribution in [0, 0.1) is 5.41 Å². The summed E-state index contributed by atoms with van der Waals surface area (Å²) in [5.41, 5.74) is 8.81. The second kappa shape index (κ2) is 9.23. The van der Waals surface area contributed by atoms with Crippen molar-refractivity contribution < 1.29 is 9.53 Å². The van der Waals surface area contributed by atoms with Gasteiger partial charge in [0.25, 0.3) is 0 Å². The van der Waals surface area contributed by atoms with Gasteiger partial charge < -0.3 is 10.5 Å². The number of hydrogen-bond donors (Lipinski definition) is 1. The Morgan fingerprint density at radius 1 is 1.42 bits per heavy atom. The molecule has 0 saturated heterocycles. The Labute approximate surface area is 145 Å². The molecule has 0 aliphatic heterocycles. The summed E-state index contributed by atoms with van der Waals surface area (Å²) in [5, 5.41) is 6.52. The highest BCUT2D eigenvalue weighted by Crippen LogP contribution is 2.23. The first kappa shape index (κ1) is 19.9. The summed E-state index contributed by atoms with van der Waals surface area (Å²) in [6.45, 7) is 10.4. The van der Waals surface area contributed by atoms with Crippen LogP contribution in [0.4, 0.5) is 5.69 Å². The van der Waals surface area contributed by atoms with Crippen LogP contribution in [0.15, 0.2) is 42.0 Å². The number of anilines is 1. The number of esters is 1. The molecule has 1 aromatic carbocycles. The molecule has 1 rings (SSSR count). The minimum absolute atomic E-state index is 0.0654. The van der Waals surface area contributed by atoms with Gasteiger partial charge in [-0.2, -0.15) is 5.10 Å². The highest BCUT2D eigenvalue weighted by Gasteiger charge is 2.19. The number of benzene rings is 1. The normalized spacial score (nSPS) is 12.0. The predicted octanol–water partition coefficient (Wildman–Crippen LogP) is 3.49. The van der Waals surface area contributed by atoms with E-state index < -0.39 is 0 Å². The van der Waals surface area contributed by atoms with Gasteiger partial charge in [0.2, 0.25) is 0 Å².